The summed E-state index contributed by atoms with van der Waals surface area (Å²) in [6, 6.07) is 27.3. The average molecular weight is 378 g/mol. The highest BCUT2D eigenvalue weighted by Gasteiger charge is 2.19. The predicted octanol–water partition coefficient (Wildman–Crippen LogP) is 4.55. The third-order valence-electron chi connectivity index (χ3n) is 4.99. The first-order valence-electron chi connectivity index (χ1n) is 9.41. The van der Waals surface area contributed by atoms with E-state index in [4.69, 9.17) is 4.98 Å². The lowest BCUT2D eigenvalue weighted by atomic mass is 10.1. The highest BCUT2D eigenvalue weighted by atomic mass is 16.1. The van der Waals surface area contributed by atoms with Crippen LogP contribution in [0.4, 0.5) is 0 Å². The maximum absolute atomic E-state index is 13.6. The molecule has 140 valence electrons. The molecular weight excluding hydrogens is 360 g/mol. The van der Waals surface area contributed by atoms with E-state index in [-0.39, 0.29) is 5.56 Å². The third-order valence-corrected chi connectivity index (χ3v) is 4.99. The Bertz CT molecular complexity index is 1370. The van der Waals surface area contributed by atoms with Gasteiger partial charge in [0.25, 0.3) is 5.56 Å². The van der Waals surface area contributed by atoms with E-state index in [9.17, 15) is 4.79 Å². The number of rotatable bonds is 3. The van der Waals surface area contributed by atoms with Gasteiger partial charge in [-0.1, -0.05) is 66.7 Å². The topological polar surface area (TPSA) is 52.7 Å². The third kappa shape index (κ3) is 2.84. The highest BCUT2D eigenvalue weighted by molar-refractivity contribution is 5.79. The highest BCUT2D eigenvalue weighted by Crippen LogP contribution is 2.24. The van der Waals surface area contributed by atoms with Crippen LogP contribution in [0.2, 0.25) is 0 Å². The van der Waals surface area contributed by atoms with Gasteiger partial charge in [0.2, 0.25) is 0 Å². The maximum Gasteiger partial charge on any atom is 0.269 e. The number of hydrogen-bond acceptors (Lipinski definition) is 3. The van der Waals surface area contributed by atoms with Crippen molar-refractivity contribution < 1.29 is 0 Å². The Hall–Kier alpha value is -3.99. The van der Waals surface area contributed by atoms with Gasteiger partial charge < -0.3 is 0 Å². The number of nitrogens with zero attached hydrogens (tertiary/aromatic N) is 4. The summed E-state index contributed by atoms with van der Waals surface area (Å²) in [5.41, 5.74) is 3.97. The zero-order valence-electron chi connectivity index (χ0n) is 15.9. The molecule has 0 aliphatic carbocycles. The minimum absolute atomic E-state index is 0.134. The van der Waals surface area contributed by atoms with Gasteiger partial charge in [-0.25, -0.2) is 9.67 Å². The van der Waals surface area contributed by atoms with E-state index in [1.165, 1.54) is 0 Å². The lowest BCUT2D eigenvalue weighted by Gasteiger charge is -2.15. The summed E-state index contributed by atoms with van der Waals surface area (Å²) in [6.07, 6.45) is 1.60. The molecule has 0 amide bonds. The second kappa shape index (κ2) is 6.87. The molecule has 0 spiro atoms. The van der Waals surface area contributed by atoms with Crippen LogP contribution < -0.4 is 5.56 Å². The van der Waals surface area contributed by atoms with Gasteiger partial charge in [-0.2, -0.15) is 5.10 Å². The Morgan fingerprint density at radius 2 is 1.45 bits per heavy atom. The van der Waals surface area contributed by atoms with E-state index in [0.29, 0.717) is 16.9 Å². The number of benzene rings is 3. The van der Waals surface area contributed by atoms with Gasteiger partial charge in [0.05, 0.1) is 17.6 Å². The zero-order valence-corrected chi connectivity index (χ0v) is 15.9. The van der Waals surface area contributed by atoms with E-state index >= 15 is 0 Å². The fourth-order valence-electron chi connectivity index (χ4n) is 3.54. The Morgan fingerprint density at radius 1 is 0.793 bits per heavy atom. The summed E-state index contributed by atoms with van der Waals surface area (Å²) in [5, 5.41) is 4.94. The van der Waals surface area contributed by atoms with Crippen LogP contribution in [0, 0.1) is 6.92 Å². The molecule has 2 aromatic heterocycles. The monoisotopic (exact) mass is 378 g/mol. The molecule has 5 rings (SSSR count). The lowest BCUT2D eigenvalue weighted by Crippen LogP contribution is -2.22. The summed E-state index contributed by atoms with van der Waals surface area (Å²) in [4.78, 5) is 18.5. The van der Waals surface area contributed by atoms with Gasteiger partial charge in [0.1, 0.15) is 11.2 Å². The quantitative estimate of drug-likeness (QED) is 0.463. The fraction of sp³-hybridized carbons (Fsp3) is 0.0417. The molecule has 5 aromatic rings. The molecule has 0 aliphatic heterocycles. The molecule has 0 radical (unpaired) electrons. The number of hydrogen-bond donors (Lipinski definition) is 0. The Kier molecular flexibility index (Phi) is 4.06. The van der Waals surface area contributed by atoms with Crippen molar-refractivity contribution in [2.45, 2.75) is 6.92 Å². The number of aromatic nitrogens is 4. The summed E-state index contributed by atoms with van der Waals surface area (Å²) in [7, 11) is 0. The molecule has 0 N–H and O–H groups in total. The first-order valence-corrected chi connectivity index (χ1v) is 9.41. The molecule has 5 nitrogen and oxygen atoms in total. The van der Waals surface area contributed by atoms with Crippen molar-refractivity contribution in [3.63, 3.8) is 0 Å². The van der Waals surface area contributed by atoms with E-state index in [2.05, 4.69) is 5.10 Å². The molecule has 0 unspecified atom stereocenters. The van der Waals surface area contributed by atoms with E-state index < -0.39 is 0 Å². The normalized spacial score (nSPS) is 11.1. The van der Waals surface area contributed by atoms with Crippen molar-refractivity contribution in [2.75, 3.05) is 0 Å². The minimum atomic E-state index is -0.134. The Labute approximate surface area is 167 Å². The Balaban J connectivity index is 1.89. The van der Waals surface area contributed by atoms with Gasteiger partial charge in [-0.3, -0.25) is 9.36 Å². The summed E-state index contributed by atoms with van der Waals surface area (Å²) >= 11 is 0. The molecule has 2 heterocycles. The molecule has 0 bridgehead atoms. The molecule has 0 saturated heterocycles. The second-order valence-corrected chi connectivity index (χ2v) is 6.86. The summed E-state index contributed by atoms with van der Waals surface area (Å²) in [5.74, 6) is 0.593. The van der Waals surface area contributed by atoms with Crippen LogP contribution in [-0.2, 0) is 0 Å². The number of para-hydroxylation sites is 2. The van der Waals surface area contributed by atoms with Crippen molar-refractivity contribution in [1.29, 1.82) is 0 Å². The van der Waals surface area contributed by atoms with Crippen molar-refractivity contribution in [1.82, 2.24) is 19.3 Å². The molecule has 29 heavy (non-hydrogen) atoms. The predicted molar refractivity (Wildman–Crippen MR) is 115 cm³/mol. The maximum atomic E-state index is 13.6. The van der Waals surface area contributed by atoms with Crippen molar-refractivity contribution in [2.24, 2.45) is 0 Å². The summed E-state index contributed by atoms with van der Waals surface area (Å²) in [6.45, 7) is 1.99. The van der Waals surface area contributed by atoms with Gasteiger partial charge in [0, 0.05) is 5.56 Å². The summed E-state index contributed by atoms with van der Waals surface area (Å²) < 4.78 is 3.40. The minimum Gasteiger partial charge on any atom is -0.268 e. The van der Waals surface area contributed by atoms with Crippen LogP contribution in [-0.4, -0.2) is 19.3 Å². The van der Waals surface area contributed by atoms with Crippen molar-refractivity contribution in [3.05, 3.63) is 107 Å². The molecule has 0 aliphatic rings. The van der Waals surface area contributed by atoms with E-state index in [1.54, 1.807) is 15.4 Å². The van der Waals surface area contributed by atoms with E-state index in [1.807, 2.05) is 91.9 Å². The first-order chi connectivity index (χ1) is 14.2. The molecule has 0 saturated carbocycles. The SMILES string of the molecule is Cc1ccccc1-n1c(-c2ccccc2)nc2c(cnn2-c2ccccc2)c1=O. The first kappa shape index (κ1) is 17.1. The molecular formula is C24H18N4O. The van der Waals surface area contributed by atoms with Gasteiger partial charge in [0.15, 0.2) is 5.65 Å². The van der Waals surface area contributed by atoms with Gasteiger partial charge >= 0.3 is 0 Å². The van der Waals surface area contributed by atoms with Gasteiger partial charge in [-0.05, 0) is 30.7 Å². The van der Waals surface area contributed by atoms with Crippen LogP contribution in [0.5, 0.6) is 0 Å². The largest absolute Gasteiger partial charge is 0.269 e. The van der Waals surface area contributed by atoms with Crippen LogP contribution in [0.25, 0.3) is 33.8 Å². The molecule has 0 atom stereocenters. The van der Waals surface area contributed by atoms with Crippen LogP contribution in [0.15, 0.2) is 95.9 Å². The average Bonchev–Trinajstić information content (AvgIpc) is 3.20. The van der Waals surface area contributed by atoms with E-state index in [0.717, 1.165) is 22.5 Å². The Morgan fingerprint density at radius 3 is 2.17 bits per heavy atom. The van der Waals surface area contributed by atoms with Crippen LogP contribution in [0.3, 0.4) is 0 Å². The smallest absolute Gasteiger partial charge is 0.268 e. The fourth-order valence-corrected chi connectivity index (χ4v) is 3.54. The second-order valence-electron chi connectivity index (χ2n) is 6.86. The molecule has 5 heteroatoms. The van der Waals surface area contributed by atoms with Crippen molar-refractivity contribution in [3.8, 4) is 22.8 Å². The standard InChI is InChI=1S/C24H18N4O/c1-17-10-8-9-15-21(17)27-22(18-11-4-2-5-12-18)26-23-20(24(27)29)16-25-28(23)19-13-6-3-7-14-19/h2-16H,1H3. The molecule has 3 aromatic carbocycles. The van der Waals surface area contributed by atoms with Crippen LogP contribution >= 0.6 is 0 Å². The van der Waals surface area contributed by atoms with Gasteiger partial charge in [-0.15, -0.1) is 0 Å². The lowest BCUT2D eigenvalue weighted by molar-refractivity contribution is 0.887. The number of fused-ring (bicyclic) bond motifs is 1. The van der Waals surface area contributed by atoms with Crippen molar-refractivity contribution >= 4 is 11.0 Å². The molecule has 0 fully saturated rings. The zero-order chi connectivity index (χ0) is 19.8. The van der Waals surface area contributed by atoms with Crippen LogP contribution in [0.1, 0.15) is 5.56 Å². The number of aryl methyl sites for hydroxylation is 1.